The molecule has 4 aromatic rings. The molecule has 5 aliphatic rings. The van der Waals surface area contributed by atoms with Gasteiger partial charge in [-0.15, -0.1) is 0 Å². The number of rotatable bonds is 6. The van der Waals surface area contributed by atoms with E-state index in [0.29, 0.717) is 25.9 Å². The van der Waals surface area contributed by atoms with Crippen LogP contribution in [-0.4, -0.2) is 104 Å². The molecular weight excluding hydrogens is 677 g/mol. The van der Waals surface area contributed by atoms with Crippen molar-refractivity contribution in [2.45, 2.75) is 74.3 Å². The van der Waals surface area contributed by atoms with E-state index in [0.717, 1.165) is 35.4 Å². The second-order valence-electron chi connectivity index (χ2n) is 14.5. The van der Waals surface area contributed by atoms with Crippen LogP contribution in [0.25, 0.3) is 22.5 Å². The van der Waals surface area contributed by atoms with Gasteiger partial charge in [0.25, 0.3) is 0 Å². The van der Waals surface area contributed by atoms with Crippen molar-refractivity contribution in [2.75, 3.05) is 26.2 Å². The summed E-state index contributed by atoms with van der Waals surface area (Å²) >= 11 is 0. The second-order valence-corrected chi connectivity index (χ2v) is 19.2. The lowest BCUT2D eigenvalue weighted by atomic mass is 9.84. The third-order valence-corrected chi connectivity index (χ3v) is 15.9. The highest BCUT2D eigenvalue weighted by Crippen LogP contribution is 2.47. The number of sulfonamides is 2. The molecule has 1 saturated carbocycles. The monoisotopic (exact) mass is 720 g/mol. The fraction of sp³-hybridized carbons (Fsp3) is 0.500. The standard InChI is InChI=1S/C18H21N3O3S.C18H23N3O3S/c22-17-10-20(25(23,24)12-5-6-12)8-7-15(17)18-14-4-2-1-3-13(14)16-9-19-11-21(16)18;1-12(2)25(23,24)20-8-7-15(17(22)10-20)18-14-6-4-3-5-13(14)16-9-19-11-21(16)18/h1-4,9,11-12,15,17-18,22H,5-8,10H2;3-6,9,11-12,15,17-18,22H,7-8,10H2,1-2H3. The number of β-amino-alcohol motifs (C(OH)–C–C–N with tert-alkyl or cyclic N) is 2. The number of benzene rings is 2. The Morgan fingerprint density at radius 3 is 1.60 bits per heavy atom. The largest absolute Gasteiger partial charge is 0.391 e. The molecule has 2 aromatic heterocycles. The summed E-state index contributed by atoms with van der Waals surface area (Å²) < 4.78 is 57.0. The van der Waals surface area contributed by atoms with Crippen LogP contribution in [-0.2, 0) is 20.0 Å². The van der Waals surface area contributed by atoms with E-state index in [4.69, 9.17) is 0 Å². The molecule has 2 N–H and O–H groups in total. The average molecular weight is 721 g/mol. The summed E-state index contributed by atoms with van der Waals surface area (Å²) in [6.07, 6.45) is 8.76. The Bertz CT molecular complexity index is 1970. The number of nitrogens with zero attached hydrogens (tertiary/aromatic N) is 6. The van der Waals surface area contributed by atoms with Crippen molar-refractivity contribution < 1.29 is 27.0 Å². The number of imidazole rings is 2. The van der Waals surface area contributed by atoms with Crippen molar-refractivity contribution in [2.24, 2.45) is 11.8 Å². The molecule has 12 nitrogen and oxygen atoms in total. The molecule has 6 heterocycles. The molecule has 4 aliphatic heterocycles. The van der Waals surface area contributed by atoms with Crippen molar-refractivity contribution in [3.05, 3.63) is 84.7 Å². The minimum absolute atomic E-state index is 0.00704. The molecule has 3 fully saturated rings. The highest BCUT2D eigenvalue weighted by molar-refractivity contribution is 7.90. The van der Waals surface area contributed by atoms with E-state index in [-0.39, 0.29) is 42.3 Å². The average Bonchev–Trinajstić information content (AvgIpc) is 3.41. The zero-order valence-electron chi connectivity index (χ0n) is 28.2. The van der Waals surface area contributed by atoms with Crippen molar-refractivity contribution in [1.82, 2.24) is 27.7 Å². The molecule has 1 aliphatic carbocycles. The Labute approximate surface area is 293 Å². The van der Waals surface area contributed by atoms with Gasteiger partial charge in [0.15, 0.2) is 0 Å². The van der Waals surface area contributed by atoms with Gasteiger partial charge in [-0.1, -0.05) is 48.5 Å². The molecule has 2 aromatic carbocycles. The van der Waals surface area contributed by atoms with E-state index in [9.17, 15) is 27.0 Å². The Kier molecular flexibility index (Phi) is 8.55. The third kappa shape index (κ3) is 5.55. The lowest BCUT2D eigenvalue weighted by molar-refractivity contribution is 0.0340. The topological polar surface area (TPSA) is 151 Å². The molecule has 14 heteroatoms. The van der Waals surface area contributed by atoms with Gasteiger partial charge in [-0.3, -0.25) is 0 Å². The summed E-state index contributed by atoms with van der Waals surface area (Å²) in [5.74, 6) is -0.0440. The molecule has 2 saturated heterocycles. The maximum Gasteiger partial charge on any atom is 0.217 e. The molecular formula is C36H44N6O6S2. The van der Waals surface area contributed by atoms with Gasteiger partial charge in [0.1, 0.15) is 0 Å². The van der Waals surface area contributed by atoms with E-state index in [1.54, 1.807) is 13.8 Å². The Hall–Kier alpha value is -3.40. The highest BCUT2D eigenvalue weighted by atomic mass is 32.2. The van der Waals surface area contributed by atoms with Crippen molar-refractivity contribution in [1.29, 1.82) is 0 Å². The number of fused-ring (bicyclic) bond motifs is 6. The SMILES string of the molecule is CC(C)S(=O)(=O)N1CCC(C2c3ccccc3-c3cncn32)C(O)C1.O=S(=O)(C1CC1)N1CCC(C2c3ccccc3-c3cncn32)C(O)C1. The van der Waals surface area contributed by atoms with Gasteiger partial charge >= 0.3 is 0 Å². The van der Waals surface area contributed by atoms with Gasteiger partial charge in [0.05, 0.1) is 71.2 Å². The number of hydrogen-bond acceptors (Lipinski definition) is 8. The summed E-state index contributed by atoms with van der Waals surface area (Å²) in [6.45, 7) is 4.66. The minimum atomic E-state index is -3.34. The molecule has 6 unspecified atom stereocenters. The quantitative estimate of drug-likeness (QED) is 0.308. The van der Waals surface area contributed by atoms with Gasteiger partial charge < -0.3 is 19.3 Å². The maximum absolute atomic E-state index is 12.5. The van der Waals surface area contributed by atoms with Crippen LogP contribution in [0, 0.1) is 11.8 Å². The molecule has 0 spiro atoms. The third-order valence-electron chi connectivity index (χ3n) is 11.3. The van der Waals surface area contributed by atoms with Crippen LogP contribution < -0.4 is 0 Å². The summed E-state index contributed by atoms with van der Waals surface area (Å²) in [6, 6.07) is 16.4. The van der Waals surface area contributed by atoms with Crippen LogP contribution in [0.5, 0.6) is 0 Å². The first-order valence-electron chi connectivity index (χ1n) is 17.5. The second kappa shape index (κ2) is 12.7. The molecule has 0 bridgehead atoms. The first kappa shape index (κ1) is 33.7. The molecule has 0 radical (unpaired) electrons. The first-order chi connectivity index (χ1) is 24.0. The number of aliphatic hydroxyl groups excluding tert-OH is 2. The predicted octanol–water partition coefficient (Wildman–Crippen LogP) is 3.50. The fourth-order valence-corrected chi connectivity index (χ4v) is 11.7. The summed E-state index contributed by atoms with van der Waals surface area (Å²) in [5, 5.41) is 20.9. The van der Waals surface area contributed by atoms with E-state index in [1.807, 2.05) is 49.3 Å². The molecule has 9 rings (SSSR count). The zero-order chi connectivity index (χ0) is 34.9. The van der Waals surface area contributed by atoms with Crippen LogP contribution >= 0.6 is 0 Å². The van der Waals surface area contributed by atoms with E-state index >= 15 is 0 Å². The van der Waals surface area contributed by atoms with Crippen LogP contribution in [0.3, 0.4) is 0 Å². The number of piperidine rings is 2. The van der Waals surface area contributed by atoms with Crippen LogP contribution in [0.15, 0.2) is 73.6 Å². The van der Waals surface area contributed by atoms with E-state index in [2.05, 4.69) is 43.4 Å². The Morgan fingerprint density at radius 2 is 1.14 bits per heavy atom. The Balaban J connectivity index is 0.000000144. The smallest absolute Gasteiger partial charge is 0.217 e. The van der Waals surface area contributed by atoms with Crippen LogP contribution in [0.1, 0.15) is 62.7 Å². The zero-order valence-corrected chi connectivity index (χ0v) is 29.9. The fourth-order valence-electron chi connectivity index (χ4n) is 8.53. The summed E-state index contributed by atoms with van der Waals surface area (Å²) in [7, 11) is -6.56. The normalized spacial score (nSPS) is 28.0. The van der Waals surface area contributed by atoms with Gasteiger partial charge in [-0.2, -0.15) is 8.61 Å². The van der Waals surface area contributed by atoms with E-state index < -0.39 is 37.5 Å². The van der Waals surface area contributed by atoms with Gasteiger partial charge in [-0.05, 0) is 50.7 Å². The van der Waals surface area contributed by atoms with Crippen LogP contribution in [0.2, 0.25) is 0 Å². The summed E-state index contributed by atoms with van der Waals surface area (Å²) in [4.78, 5) is 8.54. The lowest BCUT2D eigenvalue weighted by Gasteiger charge is -2.39. The number of hydrogen-bond donors (Lipinski definition) is 2. The van der Waals surface area contributed by atoms with Crippen molar-refractivity contribution >= 4 is 20.0 Å². The maximum atomic E-state index is 12.5. The number of aromatic nitrogens is 4. The van der Waals surface area contributed by atoms with Gasteiger partial charge in [0.2, 0.25) is 20.0 Å². The minimum Gasteiger partial charge on any atom is -0.391 e. The van der Waals surface area contributed by atoms with Crippen molar-refractivity contribution in [3.63, 3.8) is 0 Å². The molecule has 6 atom stereocenters. The Morgan fingerprint density at radius 1 is 0.680 bits per heavy atom. The first-order valence-corrected chi connectivity index (χ1v) is 20.6. The van der Waals surface area contributed by atoms with E-state index in [1.165, 1.54) is 19.7 Å². The van der Waals surface area contributed by atoms with Gasteiger partial charge in [0, 0.05) is 49.1 Å². The lowest BCUT2D eigenvalue weighted by Crippen LogP contribution is -2.50. The van der Waals surface area contributed by atoms with Gasteiger partial charge in [-0.25, -0.2) is 26.8 Å². The highest BCUT2D eigenvalue weighted by Gasteiger charge is 2.47. The molecule has 0 amide bonds. The summed E-state index contributed by atoms with van der Waals surface area (Å²) in [5.41, 5.74) is 6.82. The van der Waals surface area contributed by atoms with Crippen LogP contribution in [0.4, 0.5) is 0 Å². The predicted molar refractivity (Wildman–Crippen MR) is 189 cm³/mol. The molecule has 266 valence electrons. The molecule has 50 heavy (non-hydrogen) atoms. The van der Waals surface area contributed by atoms with Crippen molar-refractivity contribution in [3.8, 4) is 22.5 Å². The number of aliphatic hydroxyl groups is 2.